The Kier molecular flexibility index (Phi) is 4.13. The topological polar surface area (TPSA) is 60.2 Å². The second-order valence-electron chi connectivity index (χ2n) is 7.33. The predicted molar refractivity (Wildman–Crippen MR) is 102 cm³/mol. The molecule has 5 rings (SSSR count). The van der Waals surface area contributed by atoms with Gasteiger partial charge in [-0.3, -0.25) is 4.79 Å². The zero-order chi connectivity index (χ0) is 18.2. The lowest BCUT2D eigenvalue weighted by Gasteiger charge is -2.32. The number of ether oxygens (including phenoxy) is 1. The van der Waals surface area contributed by atoms with E-state index in [0.29, 0.717) is 12.6 Å². The minimum Gasteiger partial charge on any atom is -0.376 e. The van der Waals surface area contributed by atoms with E-state index in [9.17, 15) is 4.79 Å². The van der Waals surface area contributed by atoms with Crippen LogP contribution in [0.3, 0.4) is 0 Å². The van der Waals surface area contributed by atoms with E-state index in [-0.39, 0.29) is 5.91 Å². The molecule has 1 amide bonds. The van der Waals surface area contributed by atoms with Crippen molar-refractivity contribution in [3.8, 4) is 0 Å². The molecular formula is C21H22N4O2. The molecule has 6 heteroatoms. The van der Waals surface area contributed by atoms with Crippen LogP contribution in [0.2, 0.25) is 0 Å². The second-order valence-corrected chi connectivity index (χ2v) is 7.33. The van der Waals surface area contributed by atoms with Crippen LogP contribution >= 0.6 is 0 Å². The van der Waals surface area contributed by atoms with E-state index in [4.69, 9.17) is 4.74 Å². The van der Waals surface area contributed by atoms with Gasteiger partial charge in [-0.2, -0.15) is 0 Å². The summed E-state index contributed by atoms with van der Waals surface area (Å²) < 4.78 is 7.51. The fraction of sp³-hybridized carbons (Fsp3) is 0.381. The van der Waals surface area contributed by atoms with E-state index in [1.165, 1.54) is 11.1 Å². The van der Waals surface area contributed by atoms with Crippen molar-refractivity contribution in [1.29, 1.82) is 0 Å². The smallest absolute Gasteiger partial charge is 0.253 e. The van der Waals surface area contributed by atoms with Crippen LogP contribution < -0.4 is 0 Å². The van der Waals surface area contributed by atoms with Crippen LogP contribution in [-0.2, 0) is 17.8 Å². The molecule has 6 nitrogen and oxygen atoms in total. The third-order valence-electron chi connectivity index (χ3n) is 5.70. The Morgan fingerprint density at radius 1 is 1.07 bits per heavy atom. The second kappa shape index (κ2) is 6.78. The van der Waals surface area contributed by atoms with Gasteiger partial charge in [-0.1, -0.05) is 23.4 Å². The van der Waals surface area contributed by atoms with Gasteiger partial charge in [-0.25, -0.2) is 4.68 Å². The number of fused-ring (bicyclic) bond motifs is 2. The van der Waals surface area contributed by atoms with Crippen molar-refractivity contribution in [2.24, 2.45) is 0 Å². The van der Waals surface area contributed by atoms with E-state index >= 15 is 0 Å². The summed E-state index contributed by atoms with van der Waals surface area (Å²) >= 11 is 0. The number of likely N-dealkylation sites (tertiary alicyclic amines) is 1. The lowest BCUT2D eigenvalue weighted by molar-refractivity contribution is 0.0690. The number of para-hydroxylation sites is 1. The summed E-state index contributed by atoms with van der Waals surface area (Å²) in [7, 11) is 0. The van der Waals surface area contributed by atoms with Gasteiger partial charge in [0.25, 0.3) is 5.91 Å². The molecule has 3 aromatic rings. The first kappa shape index (κ1) is 16.4. The minimum absolute atomic E-state index is 0.131. The lowest BCUT2D eigenvalue weighted by atomic mass is 9.98. The maximum absolute atomic E-state index is 13.0. The largest absolute Gasteiger partial charge is 0.376 e. The number of aromatic nitrogens is 3. The van der Waals surface area contributed by atoms with Crippen molar-refractivity contribution in [3.05, 3.63) is 59.2 Å². The summed E-state index contributed by atoms with van der Waals surface area (Å²) in [5.41, 5.74) is 5.24. The summed E-state index contributed by atoms with van der Waals surface area (Å²) in [6, 6.07) is 14.4. The first-order valence-electron chi connectivity index (χ1n) is 9.58. The van der Waals surface area contributed by atoms with E-state index in [1.807, 2.05) is 39.9 Å². The van der Waals surface area contributed by atoms with E-state index in [0.717, 1.165) is 55.6 Å². The third-order valence-corrected chi connectivity index (χ3v) is 5.70. The zero-order valence-corrected chi connectivity index (χ0v) is 15.2. The van der Waals surface area contributed by atoms with Crippen LogP contribution in [0.1, 0.15) is 40.4 Å². The van der Waals surface area contributed by atoms with Gasteiger partial charge in [0, 0.05) is 18.7 Å². The number of hydrogen-bond acceptors (Lipinski definition) is 4. The number of benzene rings is 2. The summed E-state index contributed by atoms with van der Waals surface area (Å²) in [5, 5.41) is 8.61. The fourth-order valence-electron chi connectivity index (χ4n) is 4.15. The lowest BCUT2D eigenvalue weighted by Crippen LogP contribution is -2.39. The normalized spacial score (nSPS) is 17.9. The number of piperidine rings is 1. The Labute approximate surface area is 157 Å². The molecule has 2 aliphatic rings. The molecule has 0 spiro atoms. The molecular weight excluding hydrogens is 340 g/mol. The molecule has 2 aromatic carbocycles. The molecule has 0 atom stereocenters. The van der Waals surface area contributed by atoms with Crippen LogP contribution in [-0.4, -0.2) is 45.5 Å². The quantitative estimate of drug-likeness (QED) is 0.703. The molecule has 0 unspecified atom stereocenters. The van der Waals surface area contributed by atoms with Crippen molar-refractivity contribution >= 4 is 16.9 Å². The summed E-state index contributed by atoms with van der Waals surface area (Å²) in [5.74, 6) is 0.131. The predicted octanol–water partition coefficient (Wildman–Crippen LogP) is 2.98. The minimum atomic E-state index is 0.131. The molecule has 0 aliphatic carbocycles. The summed E-state index contributed by atoms with van der Waals surface area (Å²) in [4.78, 5) is 14.9. The standard InChI is InChI=1S/C21H22N4O2/c26-21(16-5-6-17-14-27-12-9-15(17)13-16)24-10-7-18(8-11-24)25-20-4-2-1-3-19(20)22-23-25/h1-6,13,18H,7-12,14H2. The Bertz CT molecular complexity index is 989. The van der Waals surface area contributed by atoms with Crippen molar-refractivity contribution in [3.63, 3.8) is 0 Å². The maximum Gasteiger partial charge on any atom is 0.253 e. The molecule has 0 N–H and O–H groups in total. The average molecular weight is 362 g/mol. The first-order valence-corrected chi connectivity index (χ1v) is 9.58. The molecule has 3 heterocycles. The van der Waals surface area contributed by atoms with Crippen LogP contribution in [0, 0.1) is 0 Å². The fourth-order valence-corrected chi connectivity index (χ4v) is 4.15. The molecule has 1 aromatic heterocycles. The van der Waals surface area contributed by atoms with Gasteiger partial charge >= 0.3 is 0 Å². The number of carbonyl (C=O) groups is 1. The number of carbonyl (C=O) groups excluding carboxylic acids is 1. The van der Waals surface area contributed by atoms with Crippen LogP contribution in [0.15, 0.2) is 42.5 Å². The summed E-state index contributed by atoms with van der Waals surface area (Å²) in [6.07, 6.45) is 2.69. The summed E-state index contributed by atoms with van der Waals surface area (Å²) in [6.45, 7) is 2.89. The van der Waals surface area contributed by atoms with Gasteiger partial charge in [0.15, 0.2) is 0 Å². The zero-order valence-electron chi connectivity index (χ0n) is 15.2. The SMILES string of the molecule is O=C(c1ccc2c(c1)CCOC2)N1CCC(n2nnc3ccccc32)CC1. The van der Waals surface area contributed by atoms with E-state index < -0.39 is 0 Å². The van der Waals surface area contributed by atoms with Gasteiger partial charge < -0.3 is 9.64 Å². The van der Waals surface area contributed by atoms with Gasteiger partial charge in [-0.05, 0) is 54.7 Å². The number of hydrogen-bond donors (Lipinski definition) is 0. The molecule has 2 aliphatic heterocycles. The average Bonchev–Trinajstić information content (AvgIpc) is 3.17. The van der Waals surface area contributed by atoms with Crippen LogP contribution in [0.4, 0.5) is 0 Å². The van der Waals surface area contributed by atoms with Crippen molar-refractivity contribution in [2.75, 3.05) is 19.7 Å². The third kappa shape index (κ3) is 3.00. The van der Waals surface area contributed by atoms with E-state index in [1.54, 1.807) is 0 Å². The highest BCUT2D eigenvalue weighted by molar-refractivity contribution is 5.94. The molecule has 0 bridgehead atoms. The molecule has 27 heavy (non-hydrogen) atoms. The van der Waals surface area contributed by atoms with E-state index in [2.05, 4.69) is 22.4 Å². The highest BCUT2D eigenvalue weighted by Crippen LogP contribution is 2.27. The highest BCUT2D eigenvalue weighted by Gasteiger charge is 2.26. The molecule has 138 valence electrons. The molecule has 0 radical (unpaired) electrons. The van der Waals surface area contributed by atoms with Crippen LogP contribution in [0.5, 0.6) is 0 Å². The number of rotatable bonds is 2. The van der Waals surface area contributed by atoms with Gasteiger partial charge in [-0.15, -0.1) is 5.10 Å². The molecule has 1 fully saturated rings. The monoisotopic (exact) mass is 362 g/mol. The van der Waals surface area contributed by atoms with Gasteiger partial charge in [0.05, 0.1) is 24.8 Å². The molecule has 0 saturated carbocycles. The maximum atomic E-state index is 13.0. The van der Waals surface area contributed by atoms with Crippen LogP contribution in [0.25, 0.3) is 11.0 Å². The van der Waals surface area contributed by atoms with Gasteiger partial charge in [0.1, 0.15) is 5.52 Å². The first-order chi connectivity index (χ1) is 13.3. The van der Waals surface area contributed by atoms with Crippen molar-refractivity contribution < 1.29 is 9.53 Å². The number of amides is 1. The Morgan fingerprint density at radius 3 is 2.81 bits per heavy atom. The van der Waals surface area contributed by atoms with Crippen molar-refractivity contribution in [1.82, 2.24) is 19.9 Å². The highest BCUT2D eigenvalue weighted by atomic mass is 16.5. The Balaban J connectivity index is 1.29. The molecule has 1 saturated heterocycles. The van der Waals surface area contributed by atoms with Crippen molar-refractivity contribution in [2.45, 2.75) is 31.9 Å². The number of nitrogens with zero attached hydrogens (tertiary/aromatic N) is 4. The Hall–Kier alpha value is -2.73. The van der Waals surface area contributed by atoms with Gasteiger partial charge in [0.2, 0.25) is 0 Å². The Morgan fingerprint density at radius 2 is 1.93 bits per heavy atom.